The molecule has 2 nitrogen and oxygen atoms in total. The second-order valence-electron chi connectivity index (χ2n) is 13.4. The van der Waals surface area contributed by atoms with Gasteiger partial charge in [0.15, 0.2) is 11.6 Å². The van der Waals surface area contributed by atoms with Crippen LogP contribution < -0.4 is 0 Å². The average Bonchev–Trinajstić information content (AvgIpc) is 3.18. The molecule has 2 heteroatoms. The summed E-state index contributed by atoms with van der Waals surface area (Å²) in [4.78, 5) is 30.0. The van der Waals surface area contributed by atoms with Gasteiger partial charge in [-0.25, -0.2) is 0 Å². The molecule has 0 N–H and O–H groups in total. The minimum absolute atomic E-state index is 0.153. The van der Waals surface area contributed by atoms with Gasteiger partial charge in [-0.2, -0.15) is 0 Å². The number of carbonyl (C=O) groups is 2. The SMILES string of the molecule is O=C(c1ccccc1C(=O)c1ccc2cccc3c4cccc5cccc(c1c23)c54)c1ccc2cccc3c4cccc5cccc(c1c23)c54. The summed E-state index contributed by atoms with van der Waals surface area (Å²) < 4.78 is 0. The Labute approximate surface area is 286 Å². The van der Waals surface area contributed by atoms with E-state index in [9.17, 15) is 9.59 Å². The van der Waals surface area contributed by atoms with Crippen LogP contribution >= 0.6 is 0 Å². The van der Waals surface area contributed by atoms with Crippen LogP contribution in [0.25, 0.3) is 86.2 Å². The van der Waals surface area contributed by atoms with Gasteiger partial charge in [-0.05, 0) is 87.5 Å². The van der Waals surface area contributed by atoms with Crippen molar-refractivity contribution in [3.8, 4) is 0 Å². The predicted molar refractivity (Wildman–Crippen MR) is 209 cm³/mol. The third-order valence-corrected chi connectivity index (χ3v) is 10.9. The zero-order valence-corrected chi connectivity index (χ0v) is 26.8. The molecule has 0 fully saturated rings. The quantitative estimate of drug-likeness (QED) is 0.110. The lowest BCUT2D eigenvalue weighted by Gasteiger charge is -2.18. The molecule has 0 saturated carbocycles. The van der Waals surface area contributed by atoms with Gasteiger partial charge in [0.05, 0.1) is 0 Å². The molecule has 230 valence electrons. The average molecular weight is 635 g/mol. The summed E-state index contributed by atoms with van der Waals surface area (Å²) in [6, 6.07) is 53.5. The second kappa shape index (κ2) is 9.95. The van der Waals surface area contributed by atoms with Gasteiger partial charge in [-0.1, -0.05) is 146 Å². The van der Waals surface area contributed by atoms with Crippen molar-refractivity contribution in [3.05, 3.63) is 180 Å². The highest BCUT2D eigenvalue weighted by molar-refractivity contribution is 6.39. The minimum atomic E-state index is -0.153. The van der Waals surface area contributed by atoms with Crippen molar-refractivity contribution < 1.29 is 9.59 Å². The molecule has 11 rings (SSSR count). The van der Waals surface area contributed by atoms with Crippen LogP contribution in [0.2, 0.25) is 0 Å². The maximum absolute atomic E-state index is 15.0. The standard InChI is InChI=1S/C48H26O2/c49-47(39-25-23-29-13-5-19-33-31-17-3-9-27-11-7-21-37(41(27)31)45(39)43(29)33)35-15-1-2-16-36(35)48(50)40-26-24-30-14-6-20-34-32-18-4-10-28-12-8-22-38(42(28)32)46(40)44(30)34/h1-26H. The summed E-state index contributed by atoms with van der Waals surface area (Å²) in [6.07, 6.45) is 0. The van der Waals surface area contributed by atoms with E-state index in [4.69, 9.17) is 0 Å². The fourth-order valence-electron chi connectivity index (χ4n) is 8.86. The van der Waals surface area contributed by atoms with Crippen molar-refractivity contribution in [1.29, 1.82) is 0 Å². The molecule has 11 aromatic rings. The van der Waals surface area contributed by atoms with Crippen molar-refractivity contribution in [1.82, 2.24) is 0 Å². The van der Waals surface area contributed by atoms with Gasteiger partial charge in [-0.15, -0.1) is 0 Å². The Kier molecular flexibility index (Phi) is 5.44. The predicted octanol–water partition coefficient (Wildman–Crippen LogP) is 12.2. The molecule has 11 aromatic carbocycles. The fraction of sp³-hybridized carbons (Fsp3) is 0. The van der Waals surface area contributed by atoms with E-state index in [1.54, 1.807) is 0 Å². The van der Waals surface area contributed by atoms with Crippen LogP contribution in [0.1, 0.15) is 31.8 Å². The number of fused-ring (bicyclic) bond motifs is 4. The Hall–Kier alpha value is -6.64. The number of ketones is 2. The Morgan fingerprint density at radius 2 is 0.560 bits per heavy atom. The molecule has 0 radical (unpaired) electrons. The van der Waals surface area contributed by atoms with Crippen molar-refractivity contribution in [2.75, 3.05) is 0 Å². The van der Waals surface area contributed by atoms with Gasteiger partial charge in [0.1, 0.15) is 0 Å². The number of rotatable bonds is 4. The minimum Gasteiger partial charge on any atom is -0.289 e. The molecule has 0 bridgehead atoms. The summed E-state index contributed by atoms with van der Waals surface area (Å²) in [5.41, 5.74) is 2.03. The number of hydrogen-bond donors (Lipinski definition) is 0. The molecule has 0 aromatic heterocycles. The van der Waals surface area contributed by atoms with E-state index in [2.05, 4.69) is 109 Å². The zero-order chi connectivity index (χ0) is 33.1. The largest absolute Gasteiger partial charge is 0.289 e. The van der Waals surface area contributed by atoms with Gasteiger partial charge in [0.25, 0.3) is 0 Å². The topological polar surface area (TPSA) is 34.1 Å². The smallest absolute Gasteiger partial charge is 0.194 e. The van der Waals surface area contributed by atoms with Crippen LogP contribution in [-0.4, -0.2) is 11.6 Å². The Morgan fingerprint density at radius 3 is 0.940 bits per heavy atom. The molecule has 0 aliphatic heterocycles. The van der Waals surface area contributed by atoms with Gasteiger partial charge >= 0.3 is 0 Å². The maximum Gasteiger partial charge on any atom is 0.194 e. The van der Waals surface area contributed by atoms with E-state index in [1.165, 1.54) is 10.8 Å². The van der Waals surface area contributed by atoms with Crippen LogP contribution in [0.15, 0.2) is 158 Å². The van der Waals surface area contributed by atoms with Crippen LogP contribution in [0.5, 0.6) is 0 Å². The van der Waals surface area contributed by atoms with E-state index >= 15 is 0 Å². The third-order valence-electron chi connectivity index (χ3n) is 10.9. The summed E-state index contributed by atoms with van der Waals surface area (Å²) in [5, 5.41) is 17.5. The summed E-state index contributed by atoms with van der Waals surface area (Å²) >= 11 is 0. The highest BCUT2D eigenvalue weighted by Crippen LogP contribution is 2.44. The lowest BCUT2D eigenvalue weighted by atomic mass is 9.83. The first-order valence-electron chi connectivity index (χ1n) is 17.0. The molecular formula is C48H26O2. The molecule has 0 heterocycles. The Morgan fingerprint density at radius 1 is 0.240 bits per heavy atom. The van der Waals surface area contributed by atoms with Crippen molar-refractivity contribution in [2.24, 2.45) is 0 Å². The molecule has 0 unspecified atom stereocenters. The van der Waals surface area contributed by atoms with Crippen LogP contribution in [0.4, 0.5) is 0 Å². The molecule has 0 atom stereocenters. The number of benzene rings is 11. The first kappa shape index (κ1) is 27.3. The van der Waals surface area contributed by atoms with E-state index in [-0.39, 0.29) is 11.6 Å². The van der Waals surface area contributed by atoms with E-state index in [0.717, 1.165) is 75.4 Å². The van der Waals surface area contributed by atoms with Crippen LogP contribution in [0.3, 0.4) is 0 Å². The highest BCUT2D eigenvalue weighted by Gasteiger charge is 2.26. The van der Waals surface area contributed by atoms with E-state index in [0.29, 0.717) is 22.3 Å². The van der Waals surface area contributed by atoms with Crippen molar-refractivity contribution >= 4 is 97.7 Å². The van der Waals surface area contributed by atoms with Crippen molar-refractivity contribution in [3.63, 3.8) is 0 Å². The zero-order valence-electron chi connectivity index (χ0n) is 26.8. The molecular weight excluding hydrogens is 609 g/mol. The van der Waals surface area contributed by atoms with Crippen molar-refractivity contribution in [2.45, 2.75) is 0 Å². The highest BCUT2D eigenvalue weighted by atomic mass is 16.1. The van der Waals surface area contributed by atoms with Crippen LogP contribution in [0, 0.1) is 0 Å². The van der Waals surface area contributed by atoms with Gasteiger partial charge in [-0.3, -0.25) is 9.59 Å². The monoisotopic (exact) mass is 634 g/mol. The third kappa shape index (κ3) is 3.52. The van der Waals surface area contributed by atoms with Gasteiger partial charge in [0.2, 0.25) is 0 Å². The number of hydrogen-bond acceptors (Lipinski definition) is 2. The molecule has 0 spiro atoms. The molecule has 0 saturated heterocycles. The molecule has 0 aliphatic rings. The summed E-state index contributed by atoms with van der Waals surface area (Å²) in [6.45, 7) is 0. The van der Waals surface area contributed by atoms with Gasteiger partial charge < -0.3 is 0 Å². The summed E-state index contributed by atoms with van der Waals surface area (Å²) in [5.74, 6) is -0.306. The first-order valence-corrected chi connectivity index (χ1v) is 17.0. The van der Waals surface area contributed by atoms with E-state index < -0.39 is 0 Å². The number of carbonyl (C=O) groups excluding carboxylic acids is 2. The fourth-order valence-corrected chi connectivity index (χ4v) is 8.86. The molecule has 0 aliphatic carbocycles. The Balaban J connectivity index is 1.18. The van der Waals surface area contributed by atoms with E-state index in [1.807, 2.05) is 48.5 Å². The lowest BCUT2D eigenvalue weighted by Crippen LogP contribution is -2.12. The van der Waals surface area contributed by atoms with Gasteiger partial charge in [0, 0.05) is 33.0 Å². The normalized spacial score (nSPS) is 12.2. The van der Waals surface area contributed by atoms with Crippen LogP contribution in [-0.2, 0) is 0 Å². The Bertz CT molecular complexity index is 3010. The summed E-state index contributed by atoms with van der Waals surface area (Å²) in [7, 11) is 0. The maximum atomic E-state index is 15.0. The lowest BCUT2D eigenvalue weighted by molar-refractivity contribution is 0.100. The second-order valence-corrected chi connectivity index (χ2v) is 13.4. The first-order chi connectivity index (χ1) is 24.7. The molecule has 50 heavy (non-hydrogen) atoms. The molecule has 0 amide bonds.